The minimum Gasteiger partial charge on any atom is -0.458 e. The van der Waals surface area contributed by atoms with Crippen molar-refractivity contribution in [2.45, 2.75) is 46.3 Å². The number of rotatable bonds is 6. The molecule has 1 aromatic carbocycles. The Hall–Kier alpha value is -3.23. The number of benzene rings is 1. The first-order chi connectivity index (χ1) is 12.6. The lowest BCUT2D eigenvalue weighted by Gasteiger charge is -2.22. The van der Waals surface area contributed by atoms with Crippen LogP contribution in [0.1, 0.15) is 34.6 Å². The van der Waals surface area contributed by atoms with E-state index in [-0.39, 0.29) is 11.9 Å². The van der Waals surface area contributed by atoms with Crippen LogP contribution < -0.4 is 16.0 Å². The molecular weight excluding hydrogens is 348 g/mol. The topological polar surface area (TPSA) is 118 Å². The van der Waals surface area contributed by atoms with Crippen LogP contribution >= 0.6 is 0 Å². The van der Waals surface area contributed by atoms with Gasteiger partial charge in [0.1, 0.15) is 18.0 Å². The molecular formula is C18H24N6O3. The molecule has 144 valence electrons. The Balaban J connectivity index is 2.00. The van der Waals surface area contributed by atoms with Gasteiger partial charge in [0.15, 0.2) is 0 Å². The Morgan fingerprint density at radius 3 is 2.22 bits per heavy atom. The summed E-state index contributed by atoms with van der Waals surface area (Å²) >= 11 is 0. The fourth-order valence-corrected chi connectivity index (χ4v) is 2.04. The van der Waals surface area contributed by atoms with E-state index in [2.05, 4.69) is 30.9 Å². The van der Waals surface area contributed by atoms with Crippen LogP contribution in [0.5, 0.6) is 0 Å². The molecule has 9 heteroatoms. The van der Waals surface area contributed by atoms with E-state index >= 15 is 0 Å². The number of nitrogens with zero attached hydrogens (tertiary/aromatic N) is 3. The zero-order valence-corrected chi connectivity index (χ0v) is 16.0. The molecule has 0 aliphatic heterocycles. The summed E-state index contributed by atoms with van der Waals surface area (Å²) in [6, 6.07) is 6.47. The molecule has 27 heavy (non-hydrogen) atoms. The second kappa shape index (κ2) is 8.43. The van der Waals surface area contributed by atoms with Crippen molar-refractivity contribution < 1.29 is 14.3 Å². The highest BCUT2D eigenvalue weighted by atomic mass is 16.6. The van der Waals surface area contributed by atoms with Gasteiger partial charge in [-0.2, -0.15) is 4.98 Å². The first kappa shape index (κ1) is 20.1. The third kappa shape index (κ3) is 6.89. The lowest BCUT2D eigenvalue weighted by Crippen LogP contribution is -2.35. The molecule has 2 rings (SSSR count). The molecule has 1 atom stereocenters. The van der Waals surface area contributed by atoms with Crippen molar-refractivity contribution >= 4 is 35.1 Å². The van der Waals surface area contributed by atoms with Crippen LogP contribution in [-0.2, 0) is 14.3 Å². The van der Waals surface area contributed by atoms with Crippen LogP contribution in [0.25, 0.3) is 0 Å². The zero-order chi connectivity index (χ0) is 20.0. The van der Waals surface area contributed by atoms with E-state index in [9.17, 15) is 9.59 Å². The number of hydrogen-bond donors (Lipinski definition) is 3. The summed E-state index contributed by atoms with van der Waals surface area (Å²) in [6.45, 7) is 8.54. The number of esters is 1. The number of aromatic nitrogens is 3. The van der Waals surface area contributed by atoms with E-state index < -0.39 is 17.6 Å². The average Bonchev–Trinajstić information content (AvgIpc) is 2.55. The maximum atomic E-state index is 12.0. The van der Waals surface area contributed by atoms with Gasteiger partial charge in [-0.05, 0) is 52.0 Å². The molecule has 0 saturated heterocycles. The number of hydrogen-bond acceptors (Lipinski definition) is 8. The highest BCUT2D eigenvalue weighted by molar-refractivity contribution is 5.88. The number of ether oxygens (including phenoxy) is 1. The van der Waals surface area contributed by atoms with E-state index in [4.69, 9.17) is 4.74 Å². The Bertz CT molecular complexity index is 801. The lowest BCUT2D eigenvalue weighted by molar-refractivity contribution is -0.155. The largest absolute Gasteiger partial charge is 0.458 e. The van der Waals surface area contributed by atoms with Crippen LogP contribution in [0.15, 0.2) is 30.6 Å². The van der Waals surface area contributed by atoms with Gasteiger partial charge in [-0.1, -0.05) is 0 Å². The Kier molecular flexibility index (Phi) is 6.27. The van der Waals surface area contributed by atoms with Crippen LogP contribution in [0, 0.1) is 0 Å². The Morgan fingerprint density at radius 1 is 1.04 bits per heavy atom. The molecule has 1 amide bonds. The molecule has 0 spiro atoms. The van der Waals surface area contributed by atoms with Gasteiger partial charge in [0.2, 0.25) is 17.8 Å². The molecule has 0 aliphatic carbocycles. The quantitative estimate of drug-likeness (QED) is 0.663. The van der Waals surface area contributed by atoms with Crippen molar-refractivity contribution in [2.24, 2.45) is 0 Å². The van der Waals surface area contributed by atoms with Gasteiger partial charge < -0.3 is 20.7 Å². The predicted molar refractivity (Wildman–Crippen MR) is 103 cm³/mol. The summed E-state index contributed by atoms with van der Waals surface area (Å²) in [7, 11) is 0. The number of amides is 1. The normalized spacial score (nSPS) is 12.0. The molecule has 2 aromatic rings. The molecule has 1 heterocycles. The van der Waals surface area contributed by atoms with E-state index in [1.807, 2.05) is 0 Å². The van der Waals surface area contributed by atoms with Gasteiger partial charge in [-0.3, -0.25) is 4.79 Å². The summed E-state index contributed by atoms with van der Waals surface area (Å²) in [6.07, 6.45) is 1.34. The predicted octanol–water partition coefficient (Wildman–Crippen LogP) is 2.72. The minimum atomic E-state index is -0.614. The van der Waals surface area contributed by atoms with Gasteiger partial charge in [-0.15, -0.1) is 0 Å². The van der Waals surface area contributed by atoms with Gasteiger partial charge in [0.05, 0.1) is 0 Å². The maximum absolute atomic E-state index is 12.0. The van der Waals surface area contributed by atoms with Crippen molar-refractivity contribution in [1.82, 2.24) is 15.0 Å². The number of anilines is 4. The number of carbonyl (C=O) groups excluding carboxylic acids is 2. The van der Waals surface area contributed by atoms with Crippen molar-refractivity contribution in [1.29, 1.82) is 0 Å². The summed E-state index contributed by atoms with van der Waals surface area (Å²) in [4.78, 5) is 35.4. The van der Waals surface area contributed by atoms with Crippen LogP contribution in [0.3, 0.4) is 0 Å². The smallest absolute Gasteiger partial charge is 0.328 e. The SMILES string of the molecule is CC(=O)Nc1ccc(Nc2ncnc(N[C@@H](C)C(=O)OC(C)(C)C)n2)cc1. The van der Waals surface area contributed by atoms with E-state index in [0.29, 0.717) is 11.6 Å². The summed E-state index contributed by atoms with van der Waals surface area (Å²) in [5.74, 6) is 0.0332. The average molecular weight is 372 g/mol. The molecule has 9 nitrogen and oxygen atoms in total. The van der Waals surface area contributed by atoms with Crippen molar-refractivity contribution in [2.75, 3.05) is 16.0 Å². The highest BCUT2D eigenvalue weighted by Crippen LogP contribution is 2.17. The second-order valence-corrected chi connectivity index (χ2v) is 6.92. The molecule has 0 saturated carbocycles. The van der Waals surface area contributed by atoms with Crippen molar-refractivity contribution in [3.63, 3.8) is 0 Å². The molecule has 3 N–H and O–H groups in total. The minimum absolute atomic E-state index is 0.136. The fraction of sp³-hybridized carbons (Fsp3) is 0.389. The maximum Gasteiger partial charge on any atom is 0.328 e. The molecule has 0 radical (unpaired) electrons. The molecule has 1 aromatic heterocycles. The van der Waals surface area contributed by atoms with Crippen molar-refractivity contribution in [3.05, 3.63) is 30.6 Å². The summed E-state index contributed by atoms with van der Waals surface area (Å²) in [5, 5.41) is 8.62. The zero-order valence-electron chi connectivity index (χ0n) is 16.0. The molecule has 0 aliphatic rings. The standard InChI is InChI=1S/C18H24N6O3/c1-11(15(26)27-18(3,4)5)21-16-19-10-20-17(24-16)23-14-8-6-13(7-9-14)22-12(2)25/h6-11H,1-5H3,(H,22,25)(H2,19,20,21,23,24)/t11-/m0/s1. The third-order valence-electron chi connectivity index (χ3n) is 3.14. The van der Waals surface area contributed by atoms with Crippen LogP contribution in [0.4, 0.5) is 23.3 Å². The van der Waals surface area contributed by atoms with Gasteiger partial charge in [-0.25, -0.2) is 14.8 Å². The first-order valence-corrected chi connectivity index (χ1v) is 8.45. The monoisotopic (exact) mass is 372 g/mol. The lowest BCUT2D eigenvalue weighted by atomic mass is 10.2. The summed E-state index contributed by atoms with van der Waals surface area (Å²) in [5.41, 5.74) is 0.862. The van der Waals surface area contributed by atoms with Gasteiger partial charge >= 0.3 is 5.97 Å². The Morgan fingerprint density at radius 2 is 1.63 bits per heavy atom. The first-order valence-electron chi connectivity index (χ1n) is 8.45. The third-order valence-corrected chi connectivity index (χ3v) is 3.14. The van der Waals surface area contributed by atoms with Crippen LogP contribution in [-0.4, -0.2) is 38.5 Å². The number of carbonyl (C=O) groups is 2. The van der Waals surface area contributed by atoms with E-state index in [0.717, 1.165) is 5.69 Å². The molecule has 0 bridgehead atoms. The second-order valence-electron chi connectivity index (χ2n) is 6.92. The molecule has 0 unspecified atom stereocenters. The van der Waals surface area contributed by atoms with Crippen LogP contribution in [0.2, 0.25) is 0 Å². The fourth-order valence-electron chi connectivity index (χ4n) is 2.04. The van der Waals surface area contributed by atoms with E-state index in [1.165, 1.54) is 13.3 Å². The van der Waals surface area contributed by atoms with E-state index in [1.54, 1.807) is 52.0 Å². The Labute approximate surface area is 158 Å². The summed E-state index contributed by atoms with van der Waals surface area (Å²) < 4.78 is 5.32. The van der Waals surface area contributed by atoms with Gasteiger partial charge in [0, 0.05) is 18.3 Å². The number of nitrogens with one attached hydrogen (secondary N) is 3. The highest BCUT2D eigenvalue weighted by Gasteiger charge is 2.22. The van der Waals surface area contributed by atoms with Crippen molar-refractivity contribution in [3.8, 4) is 0 Å². The van der Waals surface area contributed by atoms with Gasteiger partial charge in [0.25, 0.3) is 0 Å². The molecule has 0 fully saturated rings.